The Morgan fingerprint density at radius 2 is 1.36 bits per heavy atom. The number of hydrogen-bond acceptors (Lipinski definition) is 5. The highest BCUT2D eigenvalue weighted by Gasteiger charge is 2.36. The van der Waals surface area contributed by atoms with Crippen LogP contribution in [0.3, 0.4) is 0 Å². The summed E-state index contributed by atoms with van der Waals surface area (Å²) in [4.78, 5) is 30.6. The third-order valence-corrected chi connectivity index (χ3v) is 11.9. The lowest BCUT2D eigenvalue weighted by atomic mass is 10.0. The first-order chi connectivity index (χ1) is 25.6. The van der Waals surface area contributed by atoms with Gasteiger partial charge in [-0.2, -0.15) is 0 Å². The van der Waals surface area contributed by atoms with Gasteiger partial charge in [-0.1, -0.05) is 108 Å². The molecule has 0 spiro atoms. The molecule has 1 saturated carbocycles. The quantitative estimate of drug-likeness (QED) is 0.122. The number of ether oxygens (including phenoxy) is 1. The summed E-state index contributed by atoms with van der Waals surface area (Å²) >= 11 is 13.3. The van der Waals surface area contributed by atoms with Crippen molar-refractivity contribution in [3.05, 3.63) is 154 Å². The fourth-order valence-corrected chi connectivity index (χ4v) is 8.38. The van der Waals surface area contributed by atoms with E-state index in [2.05, 4.69) is 5.32 Å². The molecule has 1 N–H and O–H groups in total. The van der Waals surface area contributed by atoms with Crippen LogP contribution in [0.1, 0.15) is 42.4 Å². The molecular formula is C42H41Cl2N3O5S. The van der Waals surface area contributed by atoms with Crippen LogP contribution in [0.15, 0.2) is 132 Å². The largest absolute Gasteiger partial charge is 0.457 e. The van der Waals surface area contributed by atoms with Crippen molar-refractivity contribution in [1.29, 1.82) is 0 Å². The van der Waals surface area contributed by atoms with E-state index in [1.54, 1.807) is 54.6 Å². The molecule has 0 saturated heterocycles. The SMILES string of the molecule is Cc1ccc(S(=O)(=O)N(CC(=O)N(Cc2c(Cl)cccc2Cl)[C@H](Cc2ccccc2)C(=O)NC2CCCC2)c2ccc(Oc3ccccc3)cc2)cc1. The maximum absolute atomic E-state index is 14.9. The smallest absolute Gasteiger partial charge is 0.264 e. The number of nitrogens with zero attached hydrogens (tertiary/aromatic N) is 2. The first kappa shape index (κ1) is 37.9. The van der Waals surface area contributed by atoms with Gasteiger partial charge in [0.1, 0.15) is 24.1 Å². The normalized spacial score (nSPS) is 13.6. The van der Waals surface area contributed by atoms with Gasteiger partial charge < -0.3 is 15.0 Å². The number of amides is 2. The average molecular weight is 771 g/mol. The van der Waals surface area contributed by atoms with Crippen LogP contribution in [0, 0.1) is 6.92 Å². The second-order valence-electron chi connectivity index (χ2n) is 13.2. The van der Waals surface area contributed by atoms with Crippen LogP contribution in [-0.4, -0.2) is 43.8 Å². The molecule has 1 aliphatic rings. The van der Waals surface area contributed by atoms with Crippen molar-refractivity contribution < 1.29 is 22.7 Å². The van der Waals surface area contributed by atoms with Gasteiger partial charge in [0.2, 0.25) is 11.8 Å². The van der Waals surface area contributed by atoms with E-state index in [1.807, 2.05) is 67.6 Å². The van der Waals surface area contributed by atoms with Crippen molar-refractivity contribution >= 4 is 50.7 Å². The fraction of sp³-hybridized carbons (Fsp3) is 0.238. The van der Waals surface area contributed by atoms with Gasteiger partial charge in [0.05, 0.1) is 10.6 Å². The molecule has 8 nitrogen and oxygen atoms in total. The summed E-state index contributed by atoms with van der Waals surface area (Å²) in [7, 11) is -4.29. The Morgan fingerprint density at radius 3 is 1.98 bits per heavy atom. The van der Waals surface area contributed by atoms with E-state index in [1.165, 1.54) is 17.0 Å². The van der Waals surface area contributed by atoms with E-state index in [-0.39, 0.29) is 35.5 Å². The predicted molar refractivity (Wildman–Crippen MR) is 210 cm³/mol. The number of carbonyl (C=O) groups is 2. The molecule has 0 unspecified atom stereocenters. The second kappa shape index (κ2) is 17.3. The van der Waals surface area contributed by atoms with E-state index in [0.29, 0.717) is 27.1 Å². The van der Waals surface area contributed by atoms with Crippen molar-refractivity contribution in [1.82, 2.24) is 10.2 Å². The number of carbonyl (C=O) groups excluding carboxylic acids is 2. The van der Waals surface area contributed by atoms with Crippen molar-refractivity contribution in [2.45, 2.75) is 62.6 Å². The zero-order chi connectivity index (χ0) is 37.4. The van der Waals surface area contributed by atoms with Gasteiger partial charge in [-0.25, -0.2) is 8.42 Å². The zero-order valence-electron chi connectivity index (χ0n) is 29.3. The average Bonchev–Trinajstić information content (AvgIpc) is 3.67. The van der Waals surface area contributed by atoms with Gasteiger partial charge in [-0.05, 0) is 86.0 Å². The summed E-state index contributed by atoms with van der Waals surface area (Å²) in [6, 6.07) is 35.6. The Bertz CT molecular complexity index is 2090. The number of sulfonamides is 1. The summed E-state index contributed by atoms with van der Waals surface area (Å²) in [5.41, 5.74) is 2.41. The monoisotopic (exact) mass is 769 g/mol. The Labute approximate surface area is 321 Å². The molecule has 1 fully saturated rings. The first-order valence-corrected chi connectivity index (χ1v) is 19.8. The molecule has 274 valence electrons. The molecule has 1 atom stereocenters. The lowest BCUT2D eigenvalue weighted by molar-refractivity contribution is -0.140. The number of anilines is 1. The molecule has 5 aromatic carbocycles. The van der Waals surface area contributed by atoms with Crippen LogP contribution in [-0.2, 0) is 32.6 Å². The summed E-state index contributed by atoms with van der Waals surface area (Å²) in [5, 5.41) is 3.82. The highest BCUT2D eigenvalue weighted by molar-refractivity contribution is 7.92. The first-order valence-electron chi connectivity index (χ1n) is 17.6. The highest BCUT2D eigenvalue weighted by Crippen LogP contribution is 2.31. The molecule has 6 rings (SSSR count). The Morgan fingerprint density at radius 1 is 0.774 bits per heavy atom. The van der Waals surface area contributed by atoms with Gasteiger partial charge >= 0.3 is 0 Å². The number of halogens is 2. The van der Waals surface area contributed by atoms with Crippen LogP contribution in [0.25, 0.3) is 0 Å². The molecule has 11 heteroatoms. The van der Waals surface area contributed by atoms with E-state index < -0.39 is 28.5 Å². The van der Waals surface area contributed by atoms with Crippen LogP contribution >= 0.6 is 23.2 Å². The maximum Gasteiger partial charge on any atom is 0.264 e. The Balaban J connectivity index is 1.41. The van der Waals surface area contributed by atoms with Crippen molar-refractivity contribution in [2.75, 3.05) is 10.8 Å². The van der Waals surface area contributed by atoms with Crippen molar-refractivity contribution in [3.63, 3.8) is 0 Å². The second-order valence-corrected chi connectivity index (χ2v) is 15.8. The molecule has 5 aromatic rings. The zero-order valence-corrected chi connectivity index (χ0v) is 31.7. The third kappa shape index (κ3) is 9.59. The molecule has 53 heavy (non-hydrogen) atoms. The molecule has 1 aliphatic carbocycles. The van der Waals surface area contributed by atoms with Crippen molar-refractivity contribution in [2.24, 2.45) is 0 Å². The molecule has 0 radical (unpaired) electrons. The van der Waals surface area contributed by atoms with E-state index in [0.717, 1.165) is 41.1 Å². The van der Waals surface area contributed by atoms with E-state index in [9.17, 15) is 18.0 Å². The number of hydrogen-bond donors (Lipinski definition) is 1. The fourth-order valence-electron chi connectivity index (χ4n) is 6.45. The minimum Gasteiger partial charge on any atom is -0.457 e. The summed E-state index contributed by atoms with van der Waals surface area (Å²) < 4.78 is 36.0. The molecular weight excluding hydrogens is 729 g/mol. The summed E-state index contributed by atoms with van der Waals surface area (Å²) in [6.45, 7) is 1.12. The Kier molecular flexibility index (Phi) is 12.4. The van der Waals surface area contributed by atoms with Crippen LogP contribution in [0.5, 0.6) is 11.5 Å². The highest BCUT2D eigenvalue weighted by atomic mass is 35.5. The standard InChI is InChI=1S/C42H41Cl2N3O5S/c1-30-19-25-36(26-20-30)53(50,51)47(33-21-23-35(24-22-33)52-34-15-6-3-7-16-34)29-41(48)46(28-37-38(43)17-10-18-39(37)44)40(27-31-11-4-2-5-12-31)42(49)45-32-13-8-9-14-32/h2-7,10-12,15-26,32,40H,8-9,13-14,27-29H2,1H3,(H,45,49)/t40-/m1/s1. The number of rotatable bonds is 14. The molecule has 2 amide bonds. The van der Waals surface area contributed by atoms with Gasteiger partial charge in [-0.15, -0.1) is 0 Å². The minimum atomic E-state index is -4.29. The molecule has 0 heterocycles. The lowest BCUT2D eigenvalue weighted by Crippen LogP contribution is -2.54. The number of aryl methyl sites for hydroxylation is 1. The number of nitrogens with one attached hydrogen (secondary N) is 1. The topological polar surface area (TPSA) is 96.0 Å². The Hall–Kier alpha value is -4.83. The minimum absolute atomic E-state index is 0.0148. The number of benzene rings is 5. The van der Waals surface area contributed by atoms with Gasteiger partial charge in [0.15, 0.2) is 0 Å². The van der Waals surface area contributed by atoms with E-state index >= 15 is 0 Å². The predicted octanol–water partition coefficient (Wildman–Crippen LogP) is 8.99. The van der Waals surface area contributed by atoms with Gasteiger partial charge in [0.25, 0.3) is 10.0 Å². The van der Waals surface area contributed by atoms with Crippen molar-refractivity contribution in [3.8, 4) is 11.5 Å². The van der Waals surface area contributed by atoms with Crippen LogP contribution in [0.2, 0.25) is 10.0 Å². The van der Waals surface area contributed by atoms with Crippen LogP contribution < -0.4 is 14.4 Å². The molecule has 0 bridgehead atoms. The van der Waals surface area contributed by atoms with E-state index in [4.69, 9.17) is 27.9 Å². The van der Waals surface area contributed by atoms with Gasteiger partial charge in [-0.3, -0.25) is 13.9 Å². The maximum atomic E-state index is 14.9. The number of para-hydroxylation sites is 1. The summed E-state index contributed by atoms with van der Waals surface area (Å²) in [6.07, 6.45) is 3.89. The molecule has 0 aromatic heterocycles. The summed E-state index contributed by atoms with van der Waals surface area (Å²) in [5.74, 6) is 0.172. The van der Waals surface area contributed by atoms with Crippen LogP contribution in [0.4, 0.5) is 5.69 Å². The van der Waals surface area contributed by atoms with Gasteiger partial charge in [0, 0.05) is 34.6 Å². The third-order valence-electron chi connectivity index (χ3n) is 9.35. The lowest BCUT2D eigenvalue weighted by Gasteiger charge is -2.34. The molecule has 0 aliphatic heterocycles.